The Hall–Kier alpha value is -2.21. The summed E-state index contributed by atoms with van der Waals surface area (Å²) in [5, 5.41) is 5.84. The van der Waals surface area contributed by atoms with Crippen LogP contribution in [0.5, 0.6) is 0 Å². The first kappa shape index (κ1) is 12.8. The molecule has 3 aromatic rings. The molecule has 0 unspecified atom stereocenters. The third-order valence-electron chi connectivity index (χ3n) is 3.01. The molecule has 3 rings (SSSR count). The van der Waals surface area contributed by atoms with E-state index in [0.717, 1.165) is 22.8 Å². The van der Waals surface area contributed by atoms with Crippen LogP contribution in [-0.2, 0) is 13.0 Å². The number of thiazole rings is 1. The van der Waals surface area contributed by atoms with Crippen LogP contribution in [0.25, 0.3) is 5.65 Å². The Morgan fingerprint density at radius 1 is 1.45 bits per heavy atom. The van der Waals surface area contributed by atoms with E-state index in [0.29, 0.717) is 12.1 Å². The summed E-state index contributed by atoms with van der Waals surface area (Å²) < 4.78 is 1.83. The zero-order valence-electron chi connectivity index (χ0n) is 11.0. The van der Waals surface area contributed by atoms with Crippen LogP contribution in [0.2, 0.25) is 0 Å². The number of hydrogen-bond donors (Lipinski definition) is 1. The molecule has 102 valence electrons. The number of rotatable bonds is 4. The van der Waals surface area contributed by atoms with Gasteiger partial charge in [-0.1, -0.05) is 6.92 Å². The highest BCUT2D eigenvalue weighted by atomic mass is 32.1. The maximum atomic E-state index is 12.1. The van der Waals surface area contributed by atoms with Crippen LogP contribution >= 0.6 is 11.3 Å². The minimum Gasteiger partial charge on any atom is -0.345 e. The Bertz CT molecular complexity index is 746. The molecule has 0 aromatic carbocycles. The molecule has 20 heavy (non-hydrogen) atoms. The van der Waals surface area contributed by atoms with Crippen molar-refractivity contribution in [3.63, 3.8) is 0 Å². The highest BCUT2D eigenvalue weighted by Gasteiger charge is 2.08. The quantitative estimate of drug-likeness (QED) is 0.800. The van der Waals surface area contributed by atoms with E-state index < -0.39 is 0 Å². The number of carbonyl (C=O) groups is 1. The summed E-state index contributed by atoms with van der Waals surface area (Å²) in [5.74, 6) is -0.103. The zero-order chi connectivity index (χ0) is 13.9. The molecule has 0 radical (unpaired) electrons. The SMILES string of the molecule is CCc1csc(CNC(=O)c2ccc3nccn3c2)n1. The first-order valence-electron chi connectivity index (χ1n) is 6.40. The van der Waals surface area contributed by atoms with Gasteiger partial charge in [-0.3, -0.25) is 4.79 Å². The number of nitrogens with one attached hydrogen (secondary N) is 1. The molecule has 1 amide bonds. The van der Waals surface area contributed by atoms with E-state index in [1.54, 1.807) is 29.8 Å². The van der Waals surface area contributed by atoms with Gasteiger partial charge in [0.05, 0.1) is 17.8 Å². The lowest BCUT2D eigenvalue weighted by atomic mass is 10.2. The number of carbonyl (C=O) groups excluding carboxylic acids is 1. The fraction of sp³-hybridized carbons (Fsp3) is 0.214. The van der Waals surface area contributed by atoms with Crippen LogP contribution in [0.1, 0.15) is 28.0 Å². The van der Waals surface area contributed by atoms with Gasteiger partial charge in [-0.2, -0.15) is 0 Å². The fourth-order valence-corrected chi connectivity index (χ4v) is 2.72. The van der Waals surface area contributed by atoms with Crippen molar-refractivity contribution in [2.75, 3.05) is 0 Å². The number of aromatic nitrogens is 3. The number of hydrogen-bond acceptors (Lipinski definition) is 4. The molecule has 0 saturated carbocycles. The van der Waals surface area contributed by atoms with Crippen LogP contribution in [0.15, 0.2) is 36.1 Å². The molecule has 6 heteroatoms. The van der Waals surface area contributed by atoms with Crippen molar-refractivity contribution in [2.45, 2.75) is 19.9 Å². The first-order valence-corrected chi connectivity index (χ1v) is 7.28. The minimum atomic E-state index is -0.103. The lowest BCUT2D eigenvalue weighted by Crippen LogP contribution is -2.23. The summed E-state index contributed by atoms with van der Waals surface area (Å²) in [6.07, 6.45) is 6.22. The topological polar surface area (TPSA) is 59.3 Å². The van der Waals surface area contributed by atoms with Gasteiger partial charge in [0, 0.05) is 24.0 Å². The standard InChI is InChI=1S/C14H14N4OS/c1-2-11-9-20-13(17-11)7-16-14(19)10-3-4-12-15-5-6-18(12)8-10/h3-6,8-9H,2,7H2,1H3,(H,16,19). The number of imidazole rings is 1. The summed E-state index contributed by atoms with van der Waals surface area (Å²) in [6, 6.07) is 3.60. The van der Waals surface area contributed by atoms with Gasteiger partial charge in [-0.25, -0.2) is 9.97 Å². The second kappa shape index (κ2) is 5.42. The average Bonchev–Trinajstić information content (AvgIpc) is 3.12. The van der Waals surface area contributed by atoms with Crippen LogP contribution in [0.3, 0.4) is 0 Å². The van der Waals surface area contributed by atoms with E-state index in [2.05, 4.69) is 22.2 Å². The summed E-state index contributed by atoms with van der Waals surface area (Å²) in [7, 11) is 0. The fourth-order valence-electron chi connectivity index (χ4n) is 1.90. The predicted molar refractivity (Wildman–Crippen MR) is 77.9 cm³/mol. The number of amides is 1. The van der Waals surface area contributed by atoms with Gasteiger partial charge in [0.15, 0.2) is 0 Å². The maximum Gasteiger partial charge on any atom is 0.253 e. The largest absolute Gasteiger partial charge is 0.345 e. The summed E-state index contributed by atoms with van der Waals surface area (Å²) in [5.41, 5.74) is 2.51. The molecule has 0 atom stereocenters. The second-order valence-corrected chi connectivity index (χ2v) is 5.32. The number of pyridine rings is 1. The number of aryl methyl sites for hydroxylation is 1. The molecule has 3 heterocycles. The molecule has 0 aliphatic carbocycles. The van der Waals surface area contributed by atoms with Gasteiger partial charge in [0.25, 0.3) is 5.91 Å². The maximum absolute atomic E-state index is 12.1. The smallest absolute Gasteiger partial charge is 0.253 e. The van der Waals surface area contributed by atoms with Crippen LogP contribution in [0.4, 0.5) is 0 Å². The molecule has 0 aliphatic rings. The third kappa shape index (κ3) is 2.55. The van der Waals surface area contributed by atoms with Crippen LogP contribution in [-0.4, -0.2) is 20.3 Å². The predicted octanol–water partition coefficient (Wildman–Crippen LogP) is 2.28. The molecule has 0 fully saturated rings. The highest BCUT2D eigenvalue weighted by Crippen LogP contribution is 2.10. The zero-order valence-corrected chi connectivity index (χ0v) is 11.9. The molecule has 0 bridgehead atoms. The average molecular weight is 286 g/mol. The Morgan fingerprint density at radius 3 is 3.15 bits per heavy atom. The summed E-state index contributed by atoms with van der Waals surface area (Å²) in [6.45, 7) is 2.53. The highest BCUT2D eigenvalue weighted by molar-refractivity contribution is 7.09. The minimum absolute atomic E-state index is 0.103. The van der Waals surface area contributed by atoms with Crippen molar-refractivity contribution in [1.82, 2.24) is 19.7 Å². The van der Waals surface area contributed by atoms with Gasteiger partial charge in [0.1, 0.15) is 10.7 Å². The Balaban J connectivity index is 1.69. The van der Waals surface area contributed by atoms with Crippen molar-refractivity contribution in [2.24, 2.45) is 0 Å². The molecular weight excluding hydrogens is 272 g/mol. The molecule has 5 nitrogen and oxygen atoms in total. The molecule has 0 saturated heterocycles. The van der Waals surface area contributed by atoms with E-state index in [-0.39, 0.29) is 5.91 Å². The molecule has 0 spiro atoms. The third-order valence-corrected chi connectivity index (χ3v) is 3.91. The molecular formula is C14H14N4OS. The Kier molecular flexibility index (Phi) is 3.47. The van der Waals surface area contributed by atoms with Crippen LogP contribution < -0.4 is 5.32 Å². The van der Waals surface area contributed by atoms with Crippen molar-refractivity contribution < 1.29 is 4.79 Å². The molecule has 3 aromatic heterocycles. The Morgan fingerprint density at radius 2 is 2.35 bits per heavy atom. The lowest BCUT2D eigenvalue weighted by Gasteiger charge is -2.03. The van der Waals surface area contributed by atoms with Crippen molar-refractivity contribution >= 4 is 22.9 Å². The van der Waals surface area contributed by atoms with Crippen molar-refractivity contribution in [1.29, 1.82) is 0 Å². The summed E-state index contributed by atoms with van der Waals surface area (Å²) >= 11 is 1.57. The van der Waals surface area contributed by atoms with Gasteiger partial charge in [-0.15, -0.1) is 11.3 Å². The van der Waals surface area contributed by atoms with Gasteiger partial charge >= 0.3 is 0 Å². The van der Waals surface area contributed by atoms with Gasteiger partial charge < -0.3 is 9.72 Å². The van der Waals surface area contributed by atoms with Gasteiger partial charge in [-0.05, 0) is 18.6 Å². The summed E-state index contributed by atoms with van der Waals surface area (Å²) in [4.78, 5) is 20.7. The lowest BCUT2D eigenvalue weighted by molar-refractivity contribution is 0.0950. The van der Waals surface area contributed by atoms with Crippen LogP contribution in [0, 0.1) is 0 Å². The monoisotopic (exact) mass is 286 g/mol. The number of fused-ring (bicyclic) bond motifs is 1. The van der Waals surface area contributed by atoms with E-state index >= 15 is 0 Å². The number of nitrogens with zero attached hydrogens (tertiary/aromatic N) is 3. The van der Waals surface area contributed by atoms with Crippen molar-refractivity contribution in [3.05, 3.63) is 52.4 Å². The van der Waals surface area contributed by atoms with Gasteiger partial charge in [0.2, 0.25) is 0 Å². The first-order chi connectivity index (χ1) is 9.76. The molecule has 1 N–H and O–H groups in total. The van der Waals surface area contributed by atoms with Crippen molar-refractivity contribution in [3.8, 4) is 0 Å². The van der Waals surface area contributed by atoms with E-state index in [1.165, 1.54) is 0 Å². The van der Waals surface area contributed by atoms with E-state index in [9.17, 15) is 4.79 Å². The molecule has 0 aliphatic heterocycles. The normalized spacial score (nSPS) is 10.8. The second-order valence-electron chi connectivity index (χ2n) is 4.38. The Labute approximate surface area is 120 Å². The van der Waals surface area contributed by atoms with E-state index in [4.69, 9.17) is 0 Å². The van der Waals surface area contributed by atoms with E-state index in [1.807, 2.05) is 22.0 Å².